The average Bonchev–Trinajstić information content (AvgIpc) is 2.73. The predicted molar refractivity (Wildman–Crippen MR) is 135 cm³/mol. The molecule has 0 saturated carbocycles. The van der Waals surface area contributed by atoms with Crippen molar-refractivity contribution < 1.29 is 22.7 Å². The van der Waals surface area contributed by atoms with Crippen LogP contribution in [0.1, 0.15) is 33.3 Å². The van der Waals surface area contributed by atoms with Crippen LogP contribution in [-0.4, -0.2) is 56.6 Å². The van der Waals surface area contributed by atoms with Crippen molar-refractivity contribution >= 4 is 39.1 Å². The Bertz CT molecular complexity index is 1130. The number of ether oxygens (including phenoxy) is 1. The van der Waals surface area contributed by atoms with Gasteiger partial charge >= 0.3 is 0 Å². The lowest BCUT2D eigenvalue weighted by atomic mass is 10.1. The maximum atomic E-state index is 13.5. The molecule has 0 saturated heterocycles. The zero-order valence-electron chi connectivity index (χ0n) is 20.3. The summed E-state index contributed by atoms with van der Waals surface area (Å²) in [5.74, 6) is -0.598. The zero-order valence-corrected chi connectivity index (χ0v) is 21.9. The molecule has 0 heterocycles. The molecule has 0 bridgehead atoms. The van der Waals surface area contributed by atoms with Crippen molar-refractivity contribution in [1.29, 1.82) is 0 Å². The lowest BCUT2D eigenvalue weighted by Gasteiger charge is -2.33. The van der Waals surface area contributed by atoms with Crippen LogP contribution in [0.5, 0.6) is 5.75 Å². The molecule has 2 aromatic carbocycles. The van der Waals surface area contributed by atoms with Crippen molar-refractivity contribution in [3.05, 3.63) is 59.1 Å². The van der Waals surface area contributed by atoms with Crippen LogP contribution in [0.3, 0.4) is 0 Å². The molecule has 2 rings (SSSR count). The van der Waals surface area contributed by atoms with Crippen molar-refractivity contribution in [3.8, 4) is 5.75 Å². The van der Waals surface area contributed by atoms with Gasteiger partial charge in [0.25, 0.3) is 0 Å². The van der Waals surface area contributed by atoms with Gasteiger partial charge in [-0.2, -0.15) is 0 Å². The van der Waals surface area contributed by atoms with E-state index in [1.54, 1.807) is 55.5 Å². The molecule has 34 heavy (non-hydrogen) atoms. The number of halogens is 1. The summed E-state index contributed by atoms with van der Waals surface area (Å²) in [6.07, 6.45) is 1.02. The Morgan fingerprint density at radius 1 is 1.12 bits per heavy atom. The van der Waals surface area contributed by atoms with E-state index in [0.29, 0.717) is 16.3 Å². The molecule has 0 fully saturated rings. The summed E-state index contributed by atoms with van der Waals surface area (Å²) >= 11 is 6.11. The molecule has 0 aliphatic carbocycles. The van der Waals surface area contributed by atoms with E-state index in [4.69, 9.17) is 16.3 Å². The van der Waals surface area contributed by atoms with Gasteiger partial charge in [-0.3, -0.25) is 13.9 Å². The number of para-hydroxylation sites is 2. The van der Waals surface area contributed by atoms with Gasteiger partial charge in [0.2, 0.25) is 21.8 Å². The number of nitrogens with one attached hydrogen (secondary N) is 1. The highest BCUT2D eigenvalue weighted by Gasteiger charge is 2.32. The van der Waals surface area contributed by atoms with Crippen LogP contribution in [0.15, 0.2) is 48.5 Å². The van der Waals surface area contributed by atoms with Crippen LogP contribution in [0.4, 0.5) is 5.69 Å². The number of hydrogen-bond acceptors (Lipinski definition) is 5. The maximum absolute atomic E-state index is 13.5. The van der Waals surface area contributed by atoms with Crippen LogP contribution in [0, 0.1) is 0 Å². The lowest BCUT2D eigenvalue weighted by Crippen LogP contribution is -2.54. The number of carbonyl (C=O) groups is 2. The Balaban J connectivity index is 2.44. The highest BCUT2D eigenvalue weighted by Crippen LogP contribution is 2.29. The minimum atomic E-state index is -3.85. The second kappa shape index (κ2) is 11.1. The zero-order chi connectivity index (χ0) is 25.7. The molecule has 186 valence electrons. The fourth-order valence-electron chi connectivity index (χ4n) is 3.32. The van der Waals surface area contributed by atoms with Crippen LogP contribution < -0.4 is 14.4 Å². The molecule has 8 nitrogen and oxygen atoms in total. The molecule has 2 amide bonds. The van der Waals surface area contributed by atoms with E-state index in [0.717, 1.165) is 10.6 Å². The summed E-state index contributed by atoms with van der Waals surface area (Å²) in [4.78, 5) is 27.8. The van der Waals surface area contributed by atoms with Gasteiger partial charge in [0.1, 0.15) is 18.3 Å². The average molecular weight is 510 g/mol. The van der Waals surface area contributed by atoms with Crippen molar-refractivity contribution in [2.75, 3.05) is 24.2 Å². The second-order valence-corrected chi connectivity index (χ2v) is 11.4. The number of hydrogen-bond donors (Lipinski definition) is 1. The third-order valence-electron chi connectivity index (χ3n) is 4.94. The lowest BCUT2D eigenvalue weighted by molar-refractivity contribution is -0.140. The second-order valence-electron chi connectivity index (χ2n) is 9.01. The van der Waals surface area contributed by atoms with E-state index in [1.807, 2.05) is 20.8 Å². The molecule has 0 aliphatic heterocycles. The Hall–Kier alpha value is -2.78. The topological polar surface area (TPSA) is 96.0 Å². The molecule has 0 aromatic heterocycles. The van der Waals surface area contributed by atoms with Gasteiger partial charge < -0.3 is 15.0 Å². The molecule has 0 spiro atoms. The Labute approximate surface area is 206 Å². The van der Waals surface area contributed by atoms with Gasteiger partial charge in [0.05, 0.1) is 19.1 Å². The SMILES string of the molecule is COc1ccccc1N(CC(=O)N(Cc1cccc(Cl)c1)[C@@H](C)C(=O)NC(C)(C)C)S(C)(=O)=O. The maximum Gasteiger partial charge on any atom is 0.244 e. The number of nitrogens with zero attached hydrogens (tertiary/aromatic N) is 2. The number of amides is 2. The minimum Gasteiger partial charge on any atom is -0.495 e. The number of sulfonamides is 1. The molecule has 0 unspecified atom stereocenters. The molecule has 2 aromatic rings. The predicted octanol–water partition coefficient (Wildman–Crippen LogP) is 3.45. The van der Waals surface area contributed by atoms with Gasteiger partial charge in [-0.05, 0) is 57.5 Å². The summed E-state index contributed by atoms with van der Waals surface area (Å²) in [6.45, 7) is 6.70. The Kier molecular flexibility index (Phi) is 8.96. The van der Waals surface area contributed by atoms with Crippen molar-refractivity contribution in [1.82, 2.24) is 10.2 Å². The number of rotatable bonds is 9. The molecule has 1 atom stereocenters. The van der Waals surface area contributed by atoms with Crippen LogP contribution in [-0.2, 0) is 26.2 Å². The third kappa shape index (κ3) is 7.63. The summed E-state index contributed by atoms with van der Waals surface area (Å²) in [5, 5.41) is 3.36. The number of anilines is 1. The van der Waals surface area contributed by atoms with Gasteiger partial charge in [0, 0.05) is 17.1 Å². The third-order valence-corrected chi connectivity index (χ3v) is 6.30. The first kappa shape index (κ1) is 27.5. The van der Waals surface area contributed by atoms with Crippen molar-refractivity contribution in [2.24, 2.45) is 0 Å². The van der Waals surface area contributed by atoms with Gasteiger partial charge in [-0.1, -0.05) is 35.9 Å². The first-order valence-corrected chi connectivity index (χ1v) is 12.9. The van der Waals surface area contributed by atoms with Crippen molar-refractivity contribution in [3.63, 3.8) is 0 Å². The molecular weight excluding hydrogens is 478 g/mol. The van der Waals surface area contributed by atoms with Crippen molar-refractivity contribution in [2.45, 2.75) is 45.8 Å². The Morgan fingerprint density at radius 2 is 1.76 bits per heavy atom. The van der Waals surface area contributed by atoms with Crippen LogP contribution >= 0.6 is 11.6 Å². The number of carbonyl (C=O) groups excluding carboxylic acids is 2. The van der Waals surface area contributed by atoms with Crippen LogP contribution in [0.25, 0.3) is 0 Å². The summed E-state index contributed by atoms with van der Waals surface area (Å²) < 4.78 is 31.6. The first-order valence-electron chi connectivity index (χ1n) is 10.7. The van der Waals surface area contributed by atoms with Gasteiger partial charge in [-0.25, -0.2) is 8.42 Å². The Morgan fingerprint density at radius 3 is 2.32 bits per heavy atom. The van der Waals surface area contributed by atoms with E-state index in [-0.39, 0.29) is 18.1 Å². The number of methoxy groups -OCH3 is 1. The van der Waals surface area contributed by atoms with E-state index in [2.05, 4.69) is 5.32 Å². The van der Waals surface area contributed by atoms with Gasteiger partial charge in [0.15, 0.2) is 0 Å². The monoisotopic (exact) mass is 509 g/mol. The molecule has 0 aliphatic rings. The summed E-state index contributed by atoms with van der Waals surface area (Å²) in [5.41, 5.74) is 0.432. The first-order chi connectivity index (χ1) is 15.7. The highest BCUT2D eigenvalue weighted by molar-refractivity contribution is 7.92. The summed E-state index contributed by atoms with van der Waals surface area (Å²) in [6, 6.07) is 12.6. The fraction of sp³-hybridized carbons (Fsp3) is 0.417. The minimum absolute atomic E-state index is 0.0711. The smallest absolute Gasteiger partial charge is 0.244 e. The largest absolute Gasteiger partial charge is 0.495 e. The van der Waals surface area contributed by atoms with Crippen LogP contribution in [0.2, 0.25) is 5.02 Å². The number of benzene rings is 2. The van der Waals surface area contributed by atoms with Gasteiger partial charge in [-0.15, -0.1) is 0 Å². The standard InChI is InChI=1S/C24H32ClN3O5S/c1-17(23(30)26-24(2,3)4)27(15-18-10-9-11-19(25)14-18)22(29)16-28(34(6,31)32)20-12-7-8-13-21(20)33-5/h7-14,17H,15-16H2,1-6H3,(H,26,30)/t17-/m0/s1. The van der Waals surface area contributed by atoms with E-state index < -0.39 is 34.1 Å². The fourth-order valence-corrected chi connectivity index (χ4v) is 4.39. The highest BCUT2D eigenvalue weighted by atomic mass is 35.5. The normalized spacial score (nSPS) is 12.6. The van der Waals surface area contributed by atoms with E-state index in [9.17, 15) is 18.0 Å². The molecular formula is C24H32ClN3O5S. The van der Waals surface area contributed by atoms with E-state index in [1.165, 1.54) is 12.0 Å². The quantitative estimate of drug-likeness (QED) is 0.558. The molecule has 1 N–H and O–H groups in total. The molecule has 10 heteroatoms. The van der Waals surface area contributed by atoms with E-state index >= 15 is 0 Å². The summed E-state index contributed by atoms with van der Waals surface area (Å²) in [7, 11) is -2.43. The molecule has 0 radical (unpaired) electrons.